The number of anilines is 3. The Hall–Kier alpha value is -2.96. The summed E-state index contributed by atoms with van der Waals surface area (Å²) in [5, 5.41) is 0. The third kappa shape index (κ3) is 3.03. The summed E-state index contributed by atoms with van der Waals surface area (Å²) in [6, 6.07) is 8.54. The van der Waals surface area contributed by atoms with Crippen LogP contribution < -0.4 is 15.5 Å². The Morgan fingerprint density at radius 2 is 1.96 bits per heavy atom. The van der Waals surface area contributed by atoms with Crippen LogP contribution in [0.4, 0.5) is 25.8 Å². The van der Waals surface area contributed by atoms with Crippen LogP contribution in [0.25, 0.3) is 0 Å². The average molecular weight is 371 g/mol. The second-order valence-corrected chi connectivity index (χ2v) is 6.94. The minimum Gasteiger partial charge on any atom is -0.398 e. The smallest absolute Gasteiger partial charge is 0.232 e. The van der Waals surface area contributed by atoms with E-state index in [1.54, 1.807) is 11.0 Å². The normalized spacial score (nSPS) is 19.3. The molecule has 0 saturated carbocycles. The van der Waals surface area contributed by atoms with Crippen LogP contribution >= 0.6 is 0 Å². The molecule has 5 nitrogen and oxygen atoms in total. The lowest BCUT2D eigenvalue weighted by molar-refractivity contribution is -0.124. The summed E-state index contributed by atoms with van der Waals surface area (Å²) in [5.74, 6) is -2.61. The zero-order valence-corrected chi connectivity index (χ0v) is 14.6. The summed E-state index contributed by atoms with van der Waals surface area (Å²) in [6.07, 6.45) is 1.61. The number of hydrogen-bond donors (Lipinski definition) is 1. The predicted octanol–water partition coefficient (Wildman–Crippen LogP) is 2.88. The molecule has 2 N–H and O–H groups in total. The molecule has 2 aromatic carbocycles. The number of halogens is 2. The molecule has 1 atom stereocenters. The van der Waals surface area contributed by atoms with E-state index >= 15 is 0 Å². The van der Waals surface area contributed by atoms with E-state index < -0.39 is 17.6 Å². The van der Waals surface area contributed by atoms with Gasteiger partial charge in [-0.1, -0.05) is 6.07 Å². The van der Waals surface area contributed by atoms with E-state index in [0.29, 0.717) is 12.2 Å². The average Bonchev–Trinajstić information content (AvgIpc) is 3.03. The Kier molecular flexibility index (Phi) is 4.30. The number of nitrogens with zero attached hydrogens (tertiary/aromatic N) is 2. The Bertz CT molecular complexity index is 931. The maximum atomic E-state index is 14.1. The maximum absolute atomic E-state index is 14.1. The second kappa shape index (κ2) is 6.64. The van der Waals surface area contributed by atoms with Gasteiger partial charge in [0.05, 0.1) is 11.6 Å². The number of benzene rings is 2. The Labute approximate surface area is 155 Å². The highest BCUT2D eigenvalue weighted by atomic mass is 19.1. The first-order valence-electron chi connectivity index (χ1n) is 8.90. The summed E-state index contributed by atoms with van der Waals surface area (Å²) in [4.78, 5) is 28.4. The fourth-order valence-corrected chi connectivity index (χ4v) is 3.91. The lowest BCUT2D eigenvalue weighted by Crippen LogP contribution is -2.40. The minimum atomic E-state index is -0.812. The Morgan fingerprint density at radius 3 is 2.74 bits per heavy atom. The van der Waals surface area contributed by atoms with Crippen LogP contribution in [0.2, 0.25) is 0 Å². The van der Waals surface area contributed by atoms with Crippen molar-refractivity contribution in [2.45, 2.75) is 19.3 Å². The molecule has 0 radical (unpaired) electrons. The number of nitrogens with two attached hydrogens (primary N) is 1. The van der Waals surface area contributed by atoms with Crippen molar-refractivity contribution in [1.82, 2.24) is 0 Å². The van der Waals surface area contributed by atoms with Crippen LogP contribution in [0, 0.1) is 17.6 Å². The van der Waals surface area contributed by atoms with Crippen LogP contribution in [0.1, 0.15) is 18.4 Å². The highest BCUT2D eigenvalue weighted by Crippen LogP contribution is 2.34. The van der Waals surface area contributed by atoms with Gasteiger partial charge in [0.1, 0.15) is 11.6 Å². The van der Waals surface area contributed by atoms with Gasteiger partial charge >= 0.3 is 0 Å². The zero-order chi connectivity index (χ0) is 19.1. The minimum absolute atomic E-state index is 0.0000104. The first-order valence-corrected chi connectivity index (χ1v) is 8.90. The maximum Gasteiger partial charge on any atom is 0.232 e. The van der Waals surface area contributed by atoms with Crippen LogP contribution in [-0.4, -0.2) is 24.9 Å². The van der Waals surface area contributed by atoms with Gasteiger partial charge in [0.15, 0.2) is 0 Å². The molecule has 2 aromatic rings. The largest absolute Gasteiger partial charge is 0.398 e. The van der Waals surface area contributed by atoms with Crippen LogP contribution in [0.5, 0.6) is 0 Å². The van der Waals surface area contributed by atoms with Crippen LogP contribution in [0.3, 0.4) is 0 Å². The molecule has 4 rings (SSSR count). The SMILES string of the molecule is Nc1cccc2c1CCCN2C(=O)C1CC(=O)N(c2ccc(F)cc2F)C1. The summed E-state index contributed by atoms with van der Waals surface area (Å²) >= 11 is 0. The molecule has 2 aliphatic rings. The van der Waals surface area contributed by atoms with E-state index in [1.807, 2.05) is 12.1 Å². The monoisotopic (exact) mass is 371 g/mol. The molecule has 140 valence electrons. The van der Waals surface area contributed by atoms with Crippen LogP contribution in [0.15, 0.2) is 36.4 Å². The standard InChI is InChI=1S/C20H19F2N3O2/c21-13-6-7-18(15(22)10-13)25-11-12(9-19(25)26)20(27)24-8-2-3-14-16(23)4-1-5-17(14)24/h1,4-7,10,12H,2-3,8-9,11,23H2. The highest BCUT2D eigenvalue weighted by molar-refractivity contribution is 6.05. The van der Waals surface area contributed by atoms with E-state index in [0.717, 1.165) is 36.2 Å². The fourth-order valence-electron chi connectivity index (χ4n) is 3.91. The van der Waals surface area contributed by atoms with Gasteiger partial charge in [-0.2, -0.15) is 0 Å². The van der Waals surface area contributed by atoms with Crippen molar-refractivity contribution in [2.24, 2.45) is 5.92 Å². The second-order valence-electron chi connectivity index (χ2n) is 6.94. The summed E-state index contributed by atoms with van der Waals surface area (Å²) in [5.41, 5.74) is 8.42. The van der Waals surface area contributed by atoms with Crippen molar-refractivity contribution in [3.63, 3.8) is 0 Å². The van der Waals surface area contributed by atoms with E-state index in [1.165, 1.54) is 11.0 Å². The van der Waals surface area contributed by atoms with Gasteiger partial charge in [0.25, 0.3) is 0 Å². The number of rotatable bonds is 2. The first kappa shape index (κ1) is 17.5. The number of carbonyl (C=O) groups is 2. The number of hydrogen-bond acceptors (Lipinski definition) is 3. The molecule has 2 amide bonds. The molecule has 1 unspecified atom stereocenters. The van der Waals surface area contributed by atoms with Gasteiger partial charge in [0, 0.05) is 37.0 Å². The van der Waals surface area contributed by atoms with E-state index in [4.69, 9.17) is 5.73 Å². The lowest BCUT2D eigenvalue weighted by atomic mass is 9.97. The molecule has 0 bridgehead atoms. The zero-order valence-electron chi connectivity index (χ0n) is 14.6. The molecule has 0 aromatic heterocycles. The van der Waals surface area contributed by atoms with Crippen molar-refractivity contribution >= 4 is 28.9 Å². The number of amides is 2. The van der Waals surface area contributed by atoms with E-state index in [-0.39, 0.29) is 30.5 Å². The molecule has 2 aliphatic heterocycles. The van der Waals surface area contributed by atoms with Gasteiger partial charge in [-0.05, 0) is 42.7 Å². The third-order valence-corrected chi connectivity index (χ3v) is 5.23. The van der Waals surface area contributed by atoms with Gasteiger partial charge in [-0.15, -0.1) is 0 Å². The molecule has 1 saturated heterocycles. The predicted molar refractivity (Wildman–Crippen MR) is 98.3 cm³/mol. The van der Waals surface area contributed by atoms with Gasteiger partial charge in [-0.25, -0.2) is 8.78 Å². The fraction of sp³-hybridized carbons (Fsp3) is 0.300. The quantitative estimate of drug-likeness (QED) is 0.826. The number of carbonyl (C=O) groups excluding carboxylic acids is 2. The lowest BCUT2D eigenvalue weighted by Gasteiger charge is -2.32. The summed E-state index contributed by atoms with van der Waals surface area (Å²) in [6.45, 7) is 0.638. The summed E-state index contributed by atoms with van der Waals surface area (Å²) in [7, 11) is 0. The molecule has 0 aliphatic carbocycles. The number of nitrogen functional groups attached to an aromatic ring is 1. The van der Waals surface area contributed by atoms with Crippen molar-refractivity contribution in [1.29, 1.82) is 0 Å². The first-order chi connectivity index (χ1) is 13.0. The van der Waals surface area contributed by atoms with Crippen molar-refractivity contribution in [3.05, 3.63) is 53.6 Å². The molecule has 2 heterocycles. The molecule has 27 heavy (non-hydrogen) atoms. The molecule has 1 fully saturated rings. The van der Waals surface area contributed by atoms with E-state index in [9.17, 15) is 18.4 Å². The van der Waals surface area contributed by atoms with Crippen molar-refractivity contribution in [3.8, 4) is 0 Å². The Morgan fingerprint density at radius 1 is 1.15 bits per heavy atom. The number of fused-ring (bicyclic) bond motifs is 1. The van der Waals surface area contributed by atoms with E-state index in [2.05, 4.69) is 0 Å². The van der Waals surface area contributed by atoms with Gasteiger partial charge < -0.3 is 15.5 Å². The molecule has 0 spiro atoms. The summed E-state index contributed by atoms with van der Waals surface area (Å²) < 4.78 is 27.2. The topological polar surface area (TPSA) is 66.6 Å². The van der Waals surface area contributed by atoms with Crippen molar-refractivity contribution < 1.29 is 18.4 Å². The van der Waals surface area contributed by atoms with Crippen molar-refractivity contribution in [2.75, 3.05) is 28.6 Å². The molecule has 7 heteroatoms. The van der Waals surface area contributed by atoms with Crippen LogP contribution in [-0.2, 0) is 16.0 Å². The third-order valence-electron chi connectivity index (χ3n) is 5.23. The molecular formula is C20H19F2N3O2. The van der Waals surface area contributed by atoms with Gasteiger partial charge in [-0.3, -0.25) is 9.59 Å². The highest BCUT2D eigenvalue weighted by Gasteiger charge is 2.39. The van der Waals surface area contributed by atoms with Gasteiger partial charge in [0.2, 0.25) is 11.8 Å². The molecular weight excluding hydrogens is 352 g/mol. The Balaban J connectivity index is 1.58.